The standard InChI is InChI=1S/C16H14BrFN2O2/c17-13-4-2-1-3-11(13)9-14(15(19)21)20-16(22)10-5-7-12(18)8-6-10/h1-8,14H,9H2,(H2,19,21)(H,20,22)/t14-/m1/s1. The minimum absolute atomic E-state index is 0.264. The summed E-state index contributed by atoms with van der Waals surface area (Å²) in [6, 6.07) is 11.6. The molecule has 0 unspecified atom stereocenters. The number of nitrogens with one attached hydrogen (secondary N) is 1. The molecule has 0 aliphatic heterocycles. The summed E-state index contributed by atoms with van der Waals surface area (Å²) in [5, 5.41) is 2.57. The Morgan fingerprint density at radius 1 is 1.14 bits per heavy atom. The van der Waals surface area contributed by atoms with Crippen LogP contribution in [0.25, 0.3) is 0 Å². The molecule has 1 atom stereocenters. The van der Waals surface area contributed by atoms with Crippen LogP contribution in [0.3, 0.4) is 0 Å². The van der Waals surface area contributed by atoms with Crippen molar-refractivity contribution in [2.75, 3.05) is 0 Å². The highest BCUT2D eigenvalue weighted by Crippen LogP contribution is 2.17. The van der Waals surface area contributed by atoms with E-state index in [1.807, 2.05) is 24.3 Å². The van der Waals surface area contributed by atoms with Crippen LogP contribution >= 0.6 is 15.9 Å². The molecule has 2 rings (SSSR count). The predicted octanol–water partition coefficient (Wildman–Crippen LogP) is 2.41. The molecule has 0 aromatic heterocycles. The lowest BCUT2D eigenvalue weighted by Gasteiger charge is -2.16. The molecule has 2 aromatic carbocycles. The number of amides is 2. The number of rotatable bonds is 5. The van der Waals surface area contributed by atoms with Crippen LogP contribution in [0.1, 0.15) is 15.9 Å². The van der Waals surface area contributed by atoms with E-state index in [-0.39, 0.29) is 12.0 Å². The average molecular weight is 365 g/mol. The molecule has 3 N–H and O–H groups in total. The number of hydrogen-bond donors (Lipinski definition) is 2. The topological polar surface area (TPSA) is 72.2 Å². The van der Waals surface area contributed by atoms with E-state index in [1.54, 1.807) is 0 Å². The quantitative estimate of drug-likeness (QED) is 0.854. The predicted molar refractivity (Wildman–Crippen MR) is 84.7 cm³/mol. The van der Waals surface area contributed by atoms with Crippen molar-refractivity contribution in [3.05, 3.63) is 69.9 Å². The first-order chi connectivity index (χ1) is 10.5. The highest BCUT2D eigenvalue weighted by molar-refractivity contribution is 9.10. The van der Waals surface area contributed by atoms with E-state index < -0.39 is 23.7 Å². The Labute approximate surface area is 135 Å². The van der Waals surface area contributed by atoms with Gasteiger partial charge >= 0.3 is 0 Å². The van der Waals surface area contributed by atoms with Crippen molar-refractivity contribution < 1.29 is 14.0 Å². The van der Waals surface area contributed by atoms with Gasteiger partial charge in [0.05, 0.1) is 0 Å². The average Bonchev–Trinajstić information content (AvgIpc) is 2.49. The van der Waals surface area contributed by atoms with Crippen molar-refractivity contribution in [1.29, 1.82) is 0 Å². The van der Waals surface area contributed by atoms with Crippen molar-refractivity contribution >= 4 is 27.7 Å². The molecule has 114 valence electrons. The van der Waals surface area contributed by atoms with Gasteiger partial charge in [-0.05, 0) is 35.9 Å². The maximum atomic E-state index is 12.9. The molecular weight excluding hydrogens is 351 g/mol. The summed E-state index contributed by atoms with van der Waals surface area (Å²) < 4.78 is 13.7. The summed E-state index contributed by atoms with van der Waals surface area (Å²) in [6.07, 6.45) is 0.268. The smallest absolute Gasteiger partial charge is 0.251 e. The van der Waals surface area contributed by atoms with Crippen LogP contribution in [0.5, 0.6) is 0 Å². The molecule has 0 bridgehead atoms. The summed E-state index contributed by atoms with van der Waals surface area (Å²) in [7, 11) is 0. The minimum Gasteiger partial charge on any atom is -0.368 e. The second-order valence-electron chi connectivity index (χ2n) is 4.73. The molecule has 0 saturated heterocycles. The van der Waals surface area contributed by atoms with Crippen LogP contribution in [0, 0.1) is 5.82 Å². The molecule has 4 nitrogen and oxygen atoms in total. The van der Waals surface area contributed by atoms with Crippen LogP contribution in [0.4, 0.5) is 4.39 Å². The van der Waals surface area contributed by atoms with Gasteiger partial charge in [-0.25, -0.2) is 4.39 Å². The number of halogens is 2. The van der Waals surface area contributed by atoms with Crippen LogP contribution in [-0.2, 0) is 11.2 Å². The fourth-order valence-electron chi connectivity index (χ4n) is 1.95. The molecule has 22 heavy (non-hydrogen) atoms. The summed E-state index contributed by atoms with van der Waals surface area (Å²) in [6.45, 7) is 0. The Hall–Kier alpha value is -2.21. The van der Waals surface area contributed by atoms with Gasteiger partial charge in [-0.2, -0.15) is 0 Å². The molecule has 0 spiro atoms. The summed E-state index contributed by atoms with van der Waals surface area (Å²) in [4.78, 5) is 23.7. The van der Waals surface area contributed by atoms with Gasteiger partial charge < -0.3 is 11.1 Å². The molecule has 0 radical (unpaired) electrons. The zero-order chi connectivity index (χ0) is 16.1. The summed E-state index contributed by atoms with van der Waals surface area (Å²) >= 11 is 3.39. The van der Waals surface area contributed by atoms with E-state index in [2.05, 4.69) is 21.2 Å². The van der Waals surface area contributed by atoms with Crippen molar-refractivity contribution in [1.82, 2.24) is 5.32 Å². The van der Waals surface area contributed by atoms with Gasteiger partial charge in [0, 0.05) is 16.5 Å². The number of benzene rings is 2. The lowest BCUT2D eigenvalue weighted by atomic mass is 10.0. The first kappa shape index (κ1) is 16.2. The molecule has 2 aromatic rings. The molecule has 2 amide bonds. The molecule has 0 heterocycles. The number of carbonyl (C=O) groups excluding carboxylic acids is 2. The van der Waals surface area contributed by atoms with Crippen molar-refractivity contribution in [2.45, 2.75) is 12.5 Å². The van der Waals surface area contributed by atoms with Crippen LogP contribution in [0.2, 0.25) is 0 Å². The number of hydrogen-bond acceptors (Lipinski definition) is 2. The van der Waals surface area contributed by atoms with Crippen LogP contribution in [0.15, 0.2) is 53.0 Å². The molecule has 0 saturated carbocycles. The van der Waals surface area contributed by atoms with Gasteiger partial charge in [0.15, 0.2) is 0 Å². The fraction of sp³-hybridized carbons (Fsp3) is 0.125. The number of primary amides is 1. The first-order valence-corrected chi connectivity index (χ1v) is 7.36. The lowest BCUT2D eigenvalue weighted by Crippen LogP contribution is -2.45. The van der Waals surface area contributed by atoms with E-state index in [0.717, 1.165) is 10.0 Å². The third kappa shape index (κ3) is 4.14. The van der Waals surface area contributed by atoms with E-state index in [9.17, 15) is 14.0 Å². The normalized spacial score (nSPS) is 11.7. The summed E-state index contributed by atoms with van der Waals surface area (Å²) in [5.74, 6) is -1.54. The first-order valence-electron chi connectivity index (χ1n) is 6.56. The highest BCUT2D eigenvalue weighted by atomic mass is 79.9. The molecule has 6 heteroatoms. The van der Waals surface area contributed by atoms with E-state index in [1.165, 1.54) is 24.3 Å². The maximum Gasteiger partial charge on any atom is 0.251 e. The summed E-state index contributed by atoms with van der Waals surface area (Å²) in [5.41, 5.74) is 6.47. The maximum absolute atomic E-state index is 12.9. The van der Waals surface area contributed by atoms with E-state index >= 15 is 0 Å². The zero-order valence-electron chi connectivity index (χ0n) is 11.6. The van der Waals surface area contributed by atoms with Crippen molar-refractivity contribution in [3.63, 3.8) is 0 Å². The molecule has 0 aliphatic rings. The van der Waals surface area contributed by atoms with Crippen molar-refractivity contribution in [3.8, 4) is 0 Å². The van der Waals surface area contributed by atoms with Crippen LogP contribution in [-0.4, -0.2) is 17.9 Å². The Kier molecular flexibility index (Phi) is 5.27. The molecule has 0 fully saturated rings. The Bertz CT molecular complexity index is 689. The highest BCUT2D eigenvalue weighted by Gasteiger charge is 2.20. The van der Waals surface area contributed by atoms with Gasteiger partial charge in [0.2, 0.25) is 5.91 Å². The number of carbonyl (C=O) groups is 2. The number of nitrogens with two attached hydrogens (primary N) is 1. The van der Waals surface area contributed by atoms with Gasteiger partial charge in [-0.3, -0.25) is 9.59 Å². The molecule has 0 aliphatic carbocycles. The Morgan fingerprint density at radius 3 is 2.36 bits per heavy atom. The van der Waals surface area contributed by atoms with Crippen molar-refractivity contribution in [2.24, 2.45) is 5.73 Å². The van der Waals surface area contributed by atoms with Gasteiger partial charge in [-0.1, -0.05) is 34.1 Å². The second kappa shape index (κ2) is 7.17. The zero-order valence-corrected chi connectivity index (χ0v) is 13.1. The van der Waals surface area contributed by atoms with Gasteiger partial charge in [0.25, 0.3) is 5.91 Å². The minimum atomic E-state index is -0.851. The van der Waals surface area contributed by atoms with Gasteiger partial charge in [0.1, 0.15) is 11.9 Å². The molecular formula is C16H14BrFN2O2. The van der Waals surface area contributed by atoms with E-state index in [4.69, 9.17) is 5.73 Å². The SMILES string of the molecule is NC(=O)[C@@H](Cc1ccccc1Br)NC(=O)c1ccc(F)cc1. The largest absolute Gasteiger partial charge is 0.368 e. The van der Waals surface area contributed by atoms with Gasteiger partial charge in [-0.15, -0.1) is 0 Å². The van der Waals surface area contributed by atoms with E-state index in [0.29, 0.717) is 0 Å². The monoisotopic (exact) mass is 364 g/mol. The fourth-order valence-corrected chi connectivity index (χ4v) is 2.40. The Balaban J connectivity index is 2.12. The lowest BCUT2D eigenvalue weighted by molar-refractivity contribution is -0.119. The van der Waals surface area contributed by atoms with Crippen LogP contribution < -0.4 is 11.1 Å². The second-order valence-corrected chi connectivity index (χ2v) is 5.59. The Morgan fingerprint density at radius 2 is 1.77 bits per heavy atom. The third-order valence-electron chi connectivity index (χ3n) is 3.14. The third-order valence-corrected chi connectivity index (χ3v) is 3.91.